The summed E-state index contributed by atoms with van der Waals surface area (Å²) in [4.78, 5) is 24.5. The Balaban J connectivity index is 1.84. The summed E-state index contributed by atoms with van der Waals surface area (Å²) in [5.41, 5.74) is -0.394. The molecule has 0 bridgehead atoms. The molecule has 0 aliphatic carbocycles. The van der Waals surface area contributed by atoms with E-state index in [1.165, 1.54) is 6.92 Å². The zero-order chi connectivity index (χ0) is 25.4. The minimum absolute atomic E-state index is 0.0336. The van der Waals surface area contributed by atoms with Gasteiger partial charge in [-0.15, -0.1) is 0 Å². The summed E-state index contributed by atoms with van der Waals surface area (Å²) >= 11 is 0. The first-order chi connectivity index (χ1) is 16.7. The largest absolute Gasteiger partial charge is 0.494 e. The van der Waals surface area contributed by atoms with E-state index in [0.717, 1.165) is 18.2 Å². The SMILES string of the molecule is CCOc1ccc(Oc2ccc(C(F)(F)F)cc2NC(=O)C[C@H](NC(C)=O)c2ccccc2)cc1. The van der Waals surface area contributed by atoms with Crippen LogP contribution in [0.1, 0.15) is 37.4 Å². The van der Waals surface area contributed by atoms with Gasteiger partial charge in [0.2, 0.25) is 11.8 Å². The van der Waals surface area contributed by atoms with Gasteiger partial charge in [-0.1, -0.05) is 30.3 Å². The van der Waals surface area contributed by atoms with Crippen LogP contribution in [0.2, 0.25) is 0 Å². The van der Waals surface area contributed by atoms with E-state index in [1.807, 2.05) is 6.92 Å². The molecule has 0 saturated heterocycles. The third kappa shape index (κ3) is 7.49. The van der Waals surface area contributed by atoms with Crippen molar-refractivity contribution in [3.8, 4) is 17.2 Å². The standard InChI is InChI=1S/C26H25F3N2O4/c1-3-34-20-10-12-21(13-11-20)35-24-14-9-19(26(27,28)29)15-23(24)31-25(33)16-22(30-17(2)32)18-7-5-4-6-8-18/h4-15,22H,3,16H2,1-2H3,(H,30,32)(H,31,33)/t22-/m0/s1. The van der Waals surface area contributed by atoms with Gasteiger partial charge in [-0.05, 0) is 55.0 Å². The Morgan fingerprint density at radius 2 is 1.60 bits per heavy atom. The van der Waals surface area contributed by atoms with Gasteiger partial charge < -0.3 is 20.1 Å². The lowest BCUT2D eigenvalue weighted by atomic mass is 10.0. The zero-order valence-electron chi connectivity index (χ0n) is 19.2. The monoisotopic (exact) mass is 486 g/mol. The van der Waals surface area contributed by atoms with Crippen LogP contribution in [0, 0.1) is 0 Å². The van der Waals surface area contributed by atoms with Crippen LogP contribution in [-0.4, -0.2) is 18.4 Å². The van der Waals surface area contributed by atoms with Crippen molar-refractivity contribution in [2.75, 3.05) is 11.9 Å². The number of halogens is 3. The summed E-state index contributed by atoms with van der Waals surface area (Å²) in [5, 5.41) is 5.20. The summed E-state index contributed by atoms with van der Waals surface area (Å²) in [6.07, 6.45) is -4.80. The van der Waals surface area contributed by atoms with E-state index in [0.29, 0.717) is 23.7 Å². The van der Waals surface area contributed by atoms with E-state index >= 15 is 0 Å². The fraction of sp³-hybridized carbons (Fsp3) is 0.231. The van der Waals surface area contributed by atoms with Gasteiger partial charge in [-0.3, -0.25) is 9.59 Å². The number of rotatable bonds is 9. The molecule has 0 radical (unpaired) electrons. The molecular formula is C26H25F3N2O4. The van der Waals surface area contributed by atoms with Crippen LogP contribution in [0.15, 0.2) is 72.8 Å². The van der Waals surface area contributed by atoms with E-state index in [4.69, 9.17) is 9.47 Å². The molecule has 9 heteroatoms. The molecule has 2 N–H and O–H groups in total. The highest BCUT2D eigenvalue weighted by atomic mass is 19.4. The average molecular weight is 486 g/mol. The number of hydrogen-bond donors (Lipinski definition) is 2. The van der Waals surface area contributed by atoms with Crippen molar-refractivity contribution in [1.82, 2.24) is 5.32 Å². The van der Waals surface area contributed by atoms with Gasteiger partial charge in [0, 0.05) is 6.92 Å². The second kappa shape index (κ2) is 11.4. The van der Waals surface area contributed by atoms with Crippen LogP contribution in [-0.2, 0) is 15.8 Å². The summed E-state index contributed by atoms with van der Waals surface area (Å²) in [5.74, 6) is 0.0647. The van der Waals surface area contributed by atoms with Crippen molar-refractivity contribution in [1.29, 1.82) is 0 Å². The van der Waals surface area contributed by atoms with Crippen LogP contribution in [0.25, 0.3) is 0 Å². The molecule has 0 aromatic heterocycles. The lowest BCUT2D eigenvalue weighted by Gasteiger charge is -2.19. The number of benzene rings is 3. The molecule has 184 valence electrons. The molecule has 3 aromatic rings. The molecular weight excluding hydrogens is 461 g/mol. The predicted octanol–water partition coefficient (Wildman–Crippen LogP) is 6.10. The van der Waals surface area contributed by atoms with Gasteiger partial charge in [0.15, 0.2) is 5.75 Å². The summed E-state index contributed by atoms with van der Waals surface area (Å²) in [6.45, 7) is 3.65. The fourth-order valence-corrected chi connectivity index (χ4v) is 3.36. The maximum atomic E-state index is 13.3. The maximum Gasteiger partial charge on any atom is 0.416 e. The summed E-state index contributed by atoms with van der Waals surface area (Å²) < 4.78 is 51.2. The molecule has 3 aromatic carbocycles. The first-order valence-corrected chi connectivity index (χ1v) is 10.9. The molecule has 0 spiro atoms. The summed E-state index contributed by atoms with van der Waals surface area (Å²) in [7, 11) is 0. The first kappa shape index (κ1) is 25.6. The second-order valence-corrected chi connectivity index (χ2v) is 7.63. The first-order valence-electron chi connectivity index (χ1n) is 10.9. The quantitative estimate of drug-likeness (QED) is 0.383. The number of alkyl halides is 3. The third-order valence-electron chi connectivity index (χ3n) is 4.91. The van der Waals surface area contributed by atoms with E-state index in [-0.39, 0.29) is 23.8 Å². The van der Waals surface area contributed by atoms with Crippen molar-refractivity contribution in [2.45, 2.75) is 32.5 Å². The third-order valence-corrected chi connectivity index (χ3v) is 4.91. The lowest BCUT2D eigenvalue weighted by molar-refractivity contribution is -0.137. The Labute approximate surface area is 201 Å². The van der Waals surface area contributed by atoms with Crippen LogP contribution in [0.4, 0.5) is 18.9 Å². The van der Waals surface area contributed by atoms with Crippen LogP contribution in [0.3, 0.4) is 0 Å². The van der Waals surface area contributed by atoms with Crippen molar-refractivity contribution in [3.05, 3.63) is 83.9 Å². The molecule has 35 heavy (non-hydrogen) atoms. The maximum absolute atomic E-state index is 13.3. The van der Waals surface area contributed by atoms with E-state index in [9.17, 15) is 22.8 Å². The van der Waals surface area contributed by atoms with Gasteiger partial charge in [0.05, 0.1) is 30.3 Å². The van der Waals surface area contributed by atoms with Gasteiger partial charge >= 0.3 is 6.18 Å². The number of ether oxygens (including phenoxy) is 2. The number of anilines is 1. The molecule has 1 atom stereocenters. The molecule has 0 unspecified atom stereocenters. The van der Waals surface area contributed by atoms with Gasteiger partial charge in [0.1, 0.15) is 11.5 Å². The highest BCUT2D eigenvalue weighted by Gasteiger charge is 2.31. The van der Waals surface area contributed by atoms with E-state index in [2.05, 4.69) is 10.6 Å². The molecule has 6 nitrogen and oxygen atoms in total. The minimum atomic E-state index is -4.61. The van der Waals surface area contributed by atoms with Gasteiger partial charge in [-0.2, -0.15) is 13.2 Å². The molecule has 0 saturated carbocycles. The Morgan fingerprint density at radius 3 is 2.20 bits per heavy atom. The molecule has 0 aliphatic heterocycles. The normalized spacial score (nSPS) is 11.9. The fourth-order valence-electron chi connectivity index (χ4n) is 3.36. The lowest BCUT2D eigenvalue weighted by Crippen LogP contribution is -2.29. The number of amides is 2. The van der Waals surface area contributed by atoms with E-state index < -0.39 is 23.7 Å². The highest BCUT2D eigenvalue weighted by Crippen LogP contribution is 2.37. The van der Waals surface area contributed by atoms with Crippen LogP contribution in [0.5, 0.6) is 17.2 Å². The molecule has 0 fully saturated rings. The van der Waals surface area contributed by atoms with Crippen molar-refractivity contribution < 1.29 is 32.2 Å². The summed E-state index contributed by atoms with van der Waals surface area (Å²) in [6, 6.07) is 17.5. The Hall–Kier alpha value is -4.01. The Kier molecular flexibility index (Phi) is 8.35. The topological polar surface area (TPSA) is 76.7 Å². The second-order valence-electron chi connectivity index (χ2n) is 7.63. The number of carbonyl (C=O) groups is 2. The molecule has 2 amide bonds. The van der Waals surface area contributed by atoms with Crippen LogP contribution >= 0.6 is 0 Å². The smallest absolute Gasteiger partial charge is 0.416 e. The minimum Gasteiger partial charge on any atom is -0.494 e. The number of carbonyl (C=O) groups excluding carboxylic acids is 2. The zero-order valence-corrected chi connectivity index (χ0v) is 19.2. The Morgan fingerprint density at radius 1 is 0.943 bits per heavy atom. The van der Waals surface area contributed by atoms with E-state index in [1.54, 1.807) is 54.6 Å². The van der Waals surface area contributed by atoms with Crippen molar-refractivity contribution in [3.63, 3.8) is 0 Å². The number of hydrogen-bond acceptors (Lipinski definition) is 4. The number of nitrogens with one attached hydrogen (secondary N) is 2. The highest BCUT2D eigenvalue weighted by molar-refractivity contribution is 5.93. The molecule has 0 heterocycles. The molecule has 0 aliphatic rings. The van der Waals surface area contributed by atoms with Gasteiger partial charge in [-0.25, -0.2) is 0 Å². The van der Waals surface area contributed by atoms with Crippen molar-refractivity contribution >= 4 is 17.5 Å². The van der Waals surface area contributed by atoms with Gasteiger partial charge in [0.25, 0.3) is 0 Å². The predicted molar refractivity (Wildman–Crippen MR) is 125 cm³/mol. The molecule has 3 rings (SSSR count). The van der Waals surface area contributed by atoms with Crippen molar-refractivity contribution in [2.24, 2.45) is 0 Å². The Bertz CT molecular complexity index is 1150. The van der Waals surface area contributed by atoms with Crippen LogP contribution < -0.4 is 20.1 Å². The average Bonchev–Trinajstić information content (AvgIpc) is 2.81.